The molecule has 0 saturated carbocycles. The van der Waals surface area contributed by atoms with E-state index in [4.69, 9.17) is 9.47 Å². The Morgan fingerprint density at radius 2 is 1.85 bits per heavy atom. The van der Waals surface area contributed by atoms with Crippen LogP contribution in [0.5, 0.6) is 11.6 Å². The smallest absolute Gasteiger partial charge is 0.255 e. The summed E-state index contributed by atoms with van der Waals surface area (Å²) in [6.45, 7) is 0.740. The molecule has 0 aliphatic heterocycles. The summed E-state index contributed by atoms with van der Waals surface area (Å²) in [5.41, 5.74) is 2.36. The number of hydrogen-bond donors (Lipinski definition) is 1. The van der Waals surface area contributed by atoms with Crippen LogP contribution in [0, 0.1) is 0 Å². The highest BCUT2D eigenvalue weighted by Gasteiger charge is 2.12. The largest absolute Gasteiger partial charge is 0.488 e. The first kappa shape index (κ1) is 17.4. The molecule has 2 aromatic heterocycles. The zero-order valence-corrected chi connectivity index (χ0v) is 14.4. The molecule has 6 nitrogen and oxygen atoms in total. The highest BCUT2D eigenvalue weighted by Crippen LogP contribution is 2.19. The minimum absolute atomic E-state index is 0.203. The van der Waals surface area contributed by atoms with Crippen LogP contribution in [0.25, 0.3) is 0 Å². The number of para-hydroxylation sites is 1. The average molecular weight is 349 g/mol. The van der Waals surface area contributed by atoms with E-state index in [1.807, 2.05) is 30.3 Å². The Bertz CT molecular complexity index is 852. The monoisotopic (exact) mass is 349 g/mol. The second kappa shape index (κ2) is 8.62. The Hall–Kier alpha value is -3.41. The van der Waals surface area contributed by atoms with E-state index in [1.165, 1.54) is 0 Å². The molecule has 0 fully saturated rings. The van der Waals surface area contributed by atoms with E-state index in [9.17, 15) is 4.79 Å². The molecule has 3 aromatic rings. The maximum atomic E-state index is 12.5. The molecule has 0 aliphatic carbocycles. The van der Waals surface area contributed by atoms with Crippen molar-refractivity contribution in [2.24, 2.45) is 0 Å². The molecular weight excluding hydrogens is 330 g/mol. The van der Waals surface area contributed by atoms with Gasteiger partial charge in [0, 0.05) is 31.2 Å². The number of hydrogen-bond acceptors (Lipinski definition) is 5. The molecule has 1 aromatic carbocycles. The predicted octanol–water partition coefficient (Wildman–Crippen LogP) is 2.99. The number of nitrogens with zero attached hydrogens (tertiary/aromatic N) is 2. The van der Waals surface area contributed by atoms with Gasteiger partial charge in [-0.1, -0.05) is 18.2 Å². The van der Waals surface area contributed by atoms with Gasteiger partial charge in [-0.15, -0.1) is 0 Å². The van der Waals surface area contributed by atoms with Crippen LogP contribution < -0.4 is 14.8 Å². The van der Waals surface area contributed by atoms with Crippen molar-refractivity contribution in [1.29, 1.82) is 0 Å². The summed E-state index contributed by atoms with van der Waals surface area (Å²) in [6.07, 6.45) is 5.09. The zero-order chi connectivity index (χ0) is 18.2. The number of carbonyl (C=O) groups excluding carboxylic acids is 1. The first-order valence-electron chi connectivity index (χ1n) is 8.14. The van der Waals surface area contributed by atoms with E-state index >= 15 is 0 Å². The molecule has 0 atom stereocenters. The van der Waals surface area contributed by atoms with Crippen LogP contribution >= 0.6 is 0 Å². The number of nitrogens with one attached hydrogen (secondary N) is 1. The van der Waals surface area contributed by atoms with Gasteiger partial charge in [0.1, 0.15) is 12.4 Å². The average Bonchev–Trinajstić information content (AvgIpc) is 2.72. The summed E-state index contributed by atoms with van der Waals surface area (Å²) in [6, 6.07) is 14.5. The van der Waals surface area contributed by atoms with Crippen molar-refractivity contribution >= 4 is 5.91 Å². The fourth-order valence-electron chi connectivity index (χ4n) is 2.33. The van der Waals surface area contributed by atoms with Crippen LogP contribution in [-0.2, 0) is 13.2 Å². The first-order valence-corrected chi connectivity index (χ1v) is 8.14. The molecular formula is C20H19N3O3. The van der Waals surface area contributed by atoms with Gasteiger partial charge in [-0.05, 0) is 35.4 Å². The lowest BCUT2D eigenvalue weighted by Gasteiger charge is -2.12. The molecule has 132 valence electrons. The van der Waals surface area contributed by atoms with E-state index < -0.39 is 0 Å². The summed E-state index contributed by atoms with van der Waals surface area (Å²) >= 11 is 0. The Morgan fingerprint density at radius 3 is 2.58 bits per heavy atom. The van der Waals surface area contributed by atoms with Crippen LogP contribution in [0.2, 0.25) is 0 Å². The SMILES string of the molecule is COc1ccc(CNC(=O)c2ccccc2OCc2ccncc2)cn1. The predicted molar refractivity (Wildman–Crippen MR) is 97.0 cm³/mol. The second-order valence-corrected chi connectivity index (χ2v) is 5.53. The molecule has 0 radical (unpaired) electrons. The molecule has 26 heavy (non-hydrogen) atoms. The standard InChI is InChI=1S/C20H19N3O3/c1-25-19-7-6-16(12-22-19)13-23-20(24)17-4-2-3-5-18(17)26-14-15-8-10-21-11-9-15/h2-12H,13-14H2,1H3,(H,23,24). The van der Waals surface area contributed by atoms with Crippen molar-refractivity contribution in [3.05, 3.63) is 83.8 Å². The fraction of sp³-hybridized carbons (Fsp3) is 0.150. The first-order chi connectivity index (χ1) is 12.8. The van der Waals surface area contributed by atoms with Gasteiger partial charge in [-0.2, -0.15) is 0 Å². The van der Waals surface area contributed by atoms with Crippen molar-refractivity contribution in [2.75, 3.05) is 7.11 Å². The van der Waals surface area contributed by atoms with Gasteiger partial charge in [-0.25, -0.2) is 4.98 Å². The normalized spacial score (nSPS) is 10.2. The molecule has 0 unspecified atom stereocenters. The highest BCUT2D eigenvalue weighted by molar-refractivity contribution is 5.96. The van der Waals surface area contributed by atoms with Gasteiger partial charge in [-0.3, -0.25) is 9.78 Å². The van der Waals surface area contributed by atoms with Crippen molar-refractivity contribution in [3.8, 4) is 11.6 Å². The maximum absolute atomic E-state index is 12.5. The number of carbonyl (C=O) groups is 1. The summed E-state index contributed by atoms with van der Waals surface area (Å²) in [5, 5.41) is 2.88. The Labute approximate surface area is 151 Å². The number of pyridine rings is 2. The van der Waals surface area contributed by atoms with Crippen molar-refractivity contribution in [3.63, 3.8) is 0 Å². The molecule has 1 N–H and O–H groups in total. The number of ether oxygens (including phenoxy) is 2. The zero-order valence-electron chi connectivity index (χ0n) is 14.4. The quantitative estimate of drug-likeness (QED) is 0.710. The van der Waals surface area contributed by atoms with Gasteiger partial charge in [0.05, 0.1) is 12.7 Å². The topological polar surface area (TPSA) is 73.3 Å². The van der Waals surface area contributed by atoms with Crippen molar-refractivity contribution < 1.29 is 14.3 Å². The third-order valence-electron chi connectivity index (χ3n) is 3.74. The number of rotatable bonds is 7. The molecule has 0 aliphatic rings. The van der Waals surface area contributed by atoms with Crippen LogP contribution in [-0.4, -0.2) is 23.0 Å². The van der Waals surface area contributed by atoms with Gasteiger partial charge in [0.2, 0.25) is 5.88 Å². The van der Waals surface area contributed by atoms with Gasteiger partial charge in [0.15, 0.2) is 0 Å². The number of methoxy groups -OCH3 is 1. The Morgan fingerprint density at radius 1 is 1.04 bits per heavy atom. The molecule has 1 amide bonds. The van der Waals surface area contributed by atoms with Crippen LogP contribution in [0.15, 0.2) is 67.1 Å². The minimum Gasteiger partial charge on any atom is -0.488 e. The lowest BCUT2D eigenvalue weighted by Crippen LogP contribution is -2.23. The molecule has 0 bridgehead atoms. The van der Waals surface area contributed by atoms with E-state index in [0.29, 0.717) is 30.3 Å². The fourth-order valence-corrected chi connectivity index (χ4v) is 2.33. The summed E-state index contributed by atoms with van der Waals surface area (Å²) in [5.74, 6) is 0.871. The highest BCUT2D eigenvalue weighted by atomic mass is 16.5. The number of aromatic nitrogens is 2. The maximum Gasteiger partial charge on any atom is 0.255 e. The van der Waals surface area contributed by atoms with E-state index in [2.05, 4.69) is 15.3 Å². The van der Waals surface area contributed by atoms with Gasteiger partial charge < -0.3 is 14.8 Å². The lowest BCUT2D eigenvalue weighted by molar-refractivity contribution is 0.0946. The minimum atomic E-state index is -0.203. The van der Waals surface area contributed by atoms with Crippen molar-refractivity contribution in [1.82, 2.24) is 15.3 Å². The second-order valence-electron chi connectivity index (χ2n) is 5.53. The van der Waals surface area contributed by atoms with Crippen LogP contribution in [0.4, 0.5) is 0 Å². The molecule has 0 saturated heterocycles. The Balaban J connectivity index is 1.63. The number of amides is 1. The lowest BCUT2D eigenvalue weighted by atomic mass is 10.1. The Kier molecular flexibility index (Phi) is 5.77. The summed E-state index contributed by atoms with van der Waals surface area (Å²) < 4.78 is 10.8. The van der Waals surface area contributed by atoms with Crippen molar-refractivity contribution in [2.45, 2.75) is 13.2 Å². The summed E-state index contributed by atoms with van der Waals surface area (Å²) in [7, 11) is 1.56. The summed E-state index contributed by atoms with van der Waals surface area (Å²) in [4.78, 5) is 20.6. The van der Waals surface area contributed by atoms with Crippen LogP contribution in [0.1, 0.15) is 21.5 Å². The third kappa shape index (κ3) is 4.57. The molecule has 0 spiro atoms. The molecule has 2 heterocycles. The van der Waals surface area contributed by atoms with E-state index in [1.54, 1.807) is 43.9 Å². The van der Waals surface area contributed by atoms with E-state index in [-0.39, 0.29) is 5.91 Å². The third-order valence-corrected chi connectivity index (χ3v) is 3.74. The molecule has 6 heteroatoms. The molecule has 3 rings (SSSR count). The van der Waals surface area contributed by atoms with Crippen LogP contribution in [0.3, 0.4) is 0 Å². The van der Waals surface area contributed by atoms with E-state index in [0.717, 1.165) is 11.1 Å². The van der Waals surface area contributed by atoms with Gasteiger partial charge in [0.25, 0.3) is 5.91 Å². The number of benzene rings is 1. The van der Waals surface area contributed by atoms with Gasteiger partial charge >= 0.3 is 0 Å².